The fourth-order valence-corrected chi connectivity index (χ4v) is 1.24. The van der Waals surface area contributed by atoms with Crippen LogP contribution in [0.1, 0.15) is 29.3 Å². The molecule has 0 bridgehead atoms. The molecule has 2 nitrogen and oxygen atoms in total. The third-order valence-corrected chi connectivity index (χ3v) is 1.92. The molecule has 1 aromatic rings. The lowest BCUT2D eigenvalue weighted by Gasteiger charge is -2.01. The van der Waals surface area contributed by atoms with Crippen molar-refractivity contribution in [2.24, 2.45) is 0 Å². The first-order valence-electron chi connectivity index (χ1n) is 4.68. The van der Waals surface area contributed by atoms with Gasteiger partial charge in [-0.1, -0.05) is 32.1 Å². The van der Waals surface area contributed by atoms with E-state index in [1.165, 1.54) is 5.56 Å². The van der Waals surface area contributed by atoms with Gasteiger partial charge in [-0.2, -0.15) is 0 Å². The molecule has 0 saturated carbocycles. The van der Waals surface area contributed by atoms with Crippen molar-refractivity contribution in [3.63, 3.8) is 0 Å². The first kappa shape index (κ1) is 10.5. The van der Waals surface area contributed by atoms with E-state index in [0.717, 1.165) is 19.1 Å². The summed E-state index contributed by atoms with van der Waals surface area (Å²) in [6, 6.07) is 7.44. The van der Waals surface area contributed by atoms with E-state index in [1.54, 1.807) is 12.1 Å². The molecule has 0 spiro atoms. The summed E-state index contributed by atoms with van der Waals surface area (Å²) >= 11 is 0. The van der Waals surface area contributed by atoms with Gasteiger partial charge in [0, 0.05) is 0 Å². The van der Waals surface area contributed by atoms with E-state index >= 15 is 0 Å². The number of benzene rings is 1. The second-order valence-electron chi connectivity index (χ2n) is 3.02. The fourth-order valence-electron chi connectivity index (χ4n) is 1.24. The Morgan fingerprint density at radius 3 is 2.57 bits per heavy atom. The molecule has 0 aliphatic heterocycles. The van der Waals surface area contributed by atoms with Crippen molar-refractivity contribution in [2.75, 3.05) is 0 Å². The van der Waals surface area contributed by atoms with Crippen LogP contribution in [-0.2, 0) is 11.2 Å². The summed E-state index contributed by atoms with van der Waals surface area (Å²) in [5.41, 5.74) is 1.80. The number of ether oxygens (including phenoxy) is 1. The molecule has 1 rings (SSSR count). The van der Waals surface area contributed by atoms with Gasteiger partial charge >= 0.3 is 5.97 Å². The molecule has 14 heavy (non-hydrogen) atoms. The highest BCUT2D eigenvalue weighted by atomic mass is 16.5. The SMILES string of the molecule is C=COC(=O)c1ccc(CCC)cc1. The molecule has 1 aromatic carbocycles. The molecule has 0 aromatic heterocycles. The fraction of sp³-hybridized carbons (Fsp3) is 0.250. The lowest BCUT2D eigenvalue weighted by atomic mass is 10.1. The Bertz CT molecular complexity index is 312. The zero-order valence-electron chi connectivity index (χ0n) is 8.32. The number of hydrogen-bond acceptors (Lipinski definition) is 2. The highest BCUT2D eigenvalue weighted by molar-refractivity contribution is 5.89. The number of aryl methyl sites for hydroxylation is 1. The summed E-state index contributed by atoms with van der Waals surface area (Å²) in [7, 11) is 0. The van der Waals surface area contributed by atoms with Gasteiger partial charge < -0.3 is 4.74 Å². The molecule has 0 amide bonds. The molecule has 0 atom stereocenters. The van der Waals surface area contributed by atoms with Crippen LogP contribution < -0.4 is 0 Å². The largest absolute Gasteiger partial charge is 0.432 e. The van der Waals surface area contributed by atoms with Crippen molar-refractivity contribution in [3.8, 4) is 0 Å². The van der Waals surface area contributed by atoms with Crippen LogP contribution in [0.4, 0.5) is 0 Å². The van der Waals surface area contributed by atoms with Crippen molar-refractivity contribution in [2.45, 2.75) is 19.8 Å². The van der Waals surface area contributed by atoms with Crippen LogP contribution in [0.25, 0.3) is 0 Å². The monoisotopic (exact) mass is 190 g/mol. The van der Waals surface area contributed by atoms with Gasteiger partial charge in [-0.05, 0) is 24.1 Å². The van der Waals surface area contributed by atoms with E-state index in [1.807, 2.05) is 12.1 Å². The molecule has 2 heteroatoms. The Morgan fingerprint density at radius 1 is 1.43 bits per heavy atom. The van der Waals surface area contributed by atoms with Gasteiger partial charge in [0.05, 0.1) is 11.8 Å². The van der Waals surface area contributed by atoms with Crippen molar-refractivity contribution in [3.05, 3.63) is 48.2 Å². The van der Waals surface area contributed by atoms with E-state index in [-0.39, 0.29) is 5.97 Å². The van der Waals surface area contributed by atoms with E-state index in [4.69, 9.17) is 0 Å². The Labute approximate surface area is 84.2 Å². The second kappa shape index (κ2) is 5.22. The second-order valence-corrected chi connectivity index (χ2v) is 3.02. The van der Waals surface area contributed by atoms with Gasteiger partial charge in [-0.25, -0.2) is 4.79 Å². The first-order valence-corrected chi connectivity index (χ1v) is 4.68. The molecule has 0 saturated heterocycles. The van der Waals surface area contributed by atoms with Crippen LogP contribution >= 0.6 is 0 Å². The number of esters is 1. The minimum Gasteiger partial charge on any atom is -0.432 e. The molecule has 0 radical (unpaired) electrons. The van der Waals surface area contributed by atoms with Crippen LogP contribution in [0.3, 0.4) is 0 Å². The first-order chi connectivity index (χ1) is 6.77. The van der Waals surface area contributed by atoms with Crippen LogP contribution in [0, 0.1) is 0 Å². The van der Waals surface area contributed by atoms with Gasteiger partial charge in [0.1, 0.15) is 0 Å². The van der Waals surface area contributed by atoms with Crippen molar-refractivity contribution in [1.82, 2.24) is 0 Å². The average Bonchev–Trinajstić information content (AvgIpc) is 2.20. The van der Waals surface area contributed by atoms with E-state index in [9.17, 15) is 4.79 Å². The third-order valence-electron chi connectivity index (χ3n) is 1.92. The van der Waals surface area contributed by atoms with Crippen molar-refractivity contribution >= 4 is 5.97 Å². The van der Waals surface area contributed by atoms with E-state index in [2.05, 4.69) is 18.2 Å². The maximum Gasteiger partial charge on any atom is 0.342 e. The summed E-state index contributed by atoms with van der Waals surface area (Å²) < 4.78 is 4.65. The Morgan fingerprint density at radius 2 is 2.07 bits per heavy atom. The zero-order valence-corrected chi connectivity index (χ0v) is 8.32. The normalized spacial score (nSPS) is 9.50. The Hall–Kier alpha value is -1.57. The van der Waals surface area contributed by atoms with E-state index in [0.29, 0.717) is 5.56 Å². The van der Waals surface area contributed by atoms with Gasteiger partial charge in [0.15, 0.2) is 0 Å². The topological polar surface area (TPSA) is 26.3 Å². The summed E-state index contributed by atoms with van der Waals surface area (Å²) in [6.07, 6.45) is 3.29. The van der Waals surface area contributed by atoms with Crippen molar-refractivity contribution in [1.29, 1.82) is 0 Å². The highest BCUT2D eigenvalue weighted by Gasteiger charge is 2.04. The molecule has 0 aliphatic rings. The quantitative estimate of drug-likeness (QED) is 0.539. The van der Waals surface area contributed by atoms with Crippen molar-refractivity contribution < 1.29 is 9.53 Å². The minimum atomic E-state index is -0.358. The molecule has 0 aliphatic carbocycles. The van der Waals surface area contributed by atoms with Crippen LogP contribution in [0.5, 0.6) is 0 Å². The summed E-state index contributed by atoms with van der Waals surface area (Å²) in [6.45, 7) is 5.45. The van der Waals surface area contributed by atoms with Gasteiger partial charge in [0.25, 0.3) is 0 Å². The number of rotatable bonds is 4. The number of carbonyl (C=O) groups excluding carboxylic acids is 1. The third kappa shape index (κ3) is 2.73. The number of carbonyl (C=O) groups is 1. The Balaban J connectivity index is 2.72. The molecule has 0 unspecified atom stereocenters. The minimum absolute atomic E-state index is 0.358. The maximum absolute atomic E-state index is 11.2. The predicted molar refractivity (Wildman–Crippen MR) is 56.0 cm³/mol. The zero-order chi connectivity index (χ0) is 10.4. The van der Waals surface area contributed by atoms with Gasteiger partial charge in [0.2, 0.25) is 0 Å². The summed E-state index contributed by atoms with van der Waals surface area (Å²) in [5.74, 6) is -0.358. The molecule has 74 valence electrons. The predicted octanol–water partition coefficient (Wildman–Crippen LogP) is 2.94. The lowest BCUT2D eigenvalue weighted by molar-refractivity contribution is 0.0664. The number of hydrogen-bond donors (Lipinski definition) is 0. The van der Waals surface area contributed by atoms with Crippen LogP contribution in [0.15, 0.2) is 37.1 Å². The average molecular weight is 190 g/mol. The molecule has 0 heterocycles. The smallest absolute Gasteiger partial charge is 0.342 e. The summed E-state index contributed by atoms with van der Waals surface area (Å²) in [4.78, 5) is 11.2. The molecule has 0 N–H and O–H groups in total. The standard InChI is InChI=1S/C12H14O2/c1-3-5-10-6-8-11(9-7-10)12(13)14-4-2/h4,6-9H,2-3,5H2,1H3. The summed E-state index contributed by atoms with van der Waals surface area (Å²) in [5, 5.41) is 0. The molecular formula is C12H14O2. The van der Waals surface area contributed by atoms with Gasteiger partial charge in [-0.15, -0.1) is 0 Å². The maximum atomic E-state index is 11.2. The van der Waals surface area contributed by atoms with Crippen LogP contribution in [-0.4, -0.2) is 5.97 Å². The van der Waals surface area contributed by atoms with Crippen LogP contribution in [0.2, 0.25) is 0 Å². The Kier molecular flexibility index (Phi) is 3.92. The molecular weight excluding hydrogens is 176 g/mol. The molecule has 0 fully saturated rings. The highest BCUT2D eigenvalue weighted by Crippen LogP contribution is 2.07. The van der Waals surface area contributed by atoms with Gasteiger partial charge in [-0.3, -0.25) is 0 Å². The lowest BCUT2D eigenvalue weighted by Crippen LogP contribution is -2.00. The van der Waals surface area contributed by atoms with E-state index < -0.39 is 0 Å².